The van der Waals surface area contributed by atoms with E-state index in [-0.39, 0.29) is 0 Å². The molecule has 0 amide bonds. The Bertz CT molecular complexity index is 519. The van der Waals surface area contributed by atoms with Crippen LogP contribution in [-0.4, -0.2) is 21.8 Å². The van der Waals surface area contributed by atoms with Gasteiger partial charge < -0.3 is 10.1 Å². The first-order valence-electron chi connectivity index (χ1n) is 6.47. The molecule has 0 radical (unpaired) electrons. The molecule has 2 aromatic rings. The van der Waals surface area contributed by atoms with Gasteiger partial charge in [-0.15, -0.1) is 0 Å². The van der Waals surface area contributed by atoms with Crippen molar-refractivity contribution in [2.75, 3.05) is 7.05 Å². The average molecular weight is 260 g/mol. The molecule has 0 fully saturated rings. The molecule has 0 spiro atoms. The molecular formula is C14H20N4O. The van der Waals surface area contributed by atoms with E-state index in [1.54, 1.807) is 6.20 Å². The van der Waals surface area contributed by atoms with Gasteiger partial charge in [-0.3, -0.25) is 9.67 Å². The maximum atomic E-state index is 5.72. The van der Waals surface area contributed by atoms with Crippen LogP contribution in [0.15, 0.2) is 24.4 Å². The van der Waals surface area contributed by atoms with E-state index < -0.39 is 0 Å². The van der Waals surface area contributed by atoms with Crippen LogP contribution in [-0.2, 0) is 26.6 Å². The lowest BCUT2D eigenvalue weighted by atomic mass is 10.3. The Balaban J connectivity index is 1.95. The van der Waals surface area contributed by atoms with Gasteiger partial charge in [-0.25, -0.2) is 0 Å². The van der Waals surface area contributed by atoms with E-state index in [0.717, 1.165) is 35.8 Å². The molecule has 0 aromatic carbocycles. The Kier molecular flexibility index (Phi) is 4.52. The molecule has 0 aliphatic rings. The van der Waals surface area contributed by atoms with Crippen LogP contribution < -0.4 is 10.1 Å². The van der Waals surface area contributed by atoms with Crippen molar-refractivity contribution in [3.05, 3.63) is 41.5 Å². The Labute approximate surface area is 113 Å². The molecule has 5 heteroatoms. The van der Waals surface area contributed by atoms with Crippen molar-refractivity contribution in [2.45, 2.75) is 26.5 Å². The summed E-state index contributed by atoms with van der Waals surface area (Å²) in [7, 11) is 3.84. The molecule has 2 aromatic heterocycles. The second kappa shape index (κ2) is 6.33. The SMILES string of the molecule is CCc1cc(COc2ccc(CNC)nc2)n(C)n1. The third-order valence-electron chi connectivity index (χ3n) is 2.93. The molecule has 0 aliphatic heterocycles. The largest absolute Gasteiger partial charge is 0.486 e. The fraction of sp³-hybridized carbons (Fsp3) is 0.429. The second-order valence-corrected chi connectivity index (χ2v) is 4.41. The van der Waals surface area contributed by atoms with Crippen molar-refractivity contribution < 1.29 is 4.74 Å². The fourth-order valence-electron chi connectivity index (χ4n) is 1.82. The van der Waals surface area contributed by atoms with Gasteiger partial charge in [0, 0.05) is 13.6 Å². The highest BCUT2D eigenvalue weighted by Crippen LogP contribution is 2.12. The van der Waals surface area contributed by atoms with Gasteiger partial charge in [0.15, 0.2) is 0 Å². The van der Waals surface area contributed by atoms with Gasteiger partial charge in [-0.2, -0.15) is 5.10 Å². The minimum absolute atomic E-state index is 0.510. The smallest absolute Gasteiger partial charge is 0.138 e. The summed E-state index contributed by atoms with van der Waals surface area (Å²) in [6.45, 7) is 3.37. The quantitative estimate of drug-likeness (QED) is 0.858. The molecule has 1 N–H and O–H groups in total. The first-order valence-corrected chi connectivity index (χ1v) is 6.47. The number of aromatic nitrogens is 3. The molecule has 2 rings (SSSR count). The minimum atomic E-state index is 0.510. The summed E-state index contributed by atoms with van der Waals surface area (Å²) in [4.78, 5) is 4.31. The highest BCUT2D eigenvalue weighted by atomic mass is 16.5. The molecule has 19 heavy (non-hydrogen) atoms. The van der Waals surface area contributed by atoms with Crippen molar-refractivity contribution >= 4 is 0 Å². The Morgan fingerprint density at radius 2 is 2.16 bits per heavy atom. The van der Waals surface area contributed by atoms with Crippen molar-refractivity contribution in [3.8, 4) is 5.75 Å². The average Bonchev–Trinajstić information content (AvgIpc) is 2.79. The monoisotopic (exact) mass is 260 g/mol. The predicted molar refractivity (Wildman–Crippen MR) is 73.9 cm³/mol. The normalized spacial score (nSPS) is 10.7. The maximum absolute atomic E-state index is 5.72. The van der Waals surface area contributed by atoms with E-state index in [1.807, 2.05) is 30.9 Å². The third-order valence-corrected chi connectivity index (χ3v) is 2.93. The van der Waals surface area contributed by atoms with Crippen molar-refractivity contribution in [3.63, 3.8) is 0 Å². The Morgan fingerprint density at radius 3 is 2.74 bits per heavy atom. The summed E-state index contributed by atoms with van der Waals surface area (Å²) in [5.74, 6) is 0.777. The number of pyridine rings is 1. The summed E-state index contributed by atoms with van der Waals surface area (Å²) in [6.07, 6.45) is 2.69. The molecule has 0 saturated carbocycles. The zero-order valence-electron chi connectivity index (χ0n) is 11.7. The van der Waals surface area contributed by atoms with Gasteiger partial charge in [0.25, 0.3) is 0 Å². The zero-order valence-corrected chi connectivity index (χ0v) is 11.7. The number of nitrogens with zero attached hydrogens (tertiary/aromatic N) is 3. The van der Waals surface area contributed by atoms with E-state index in [9.17, 15) is 0 Å². The van der Waals surface area contributed by atoms with E-state index in [1.165, 1.54) is 0 Å². The van der Waals surface area contributed by atoms with Crippen LogP contribution >= 0.6 is 0 Å². The van der Waals surface area contributed by atoms with Crippen LogP contribution in [0.25, 0.3) is 0 Å². The number of rotatable bonds is 6. The van der Waals surface area contributed by atoms with Crippen LogP contribution in [0.5, 0.6) is 5.75 Å². The van der Waals surface area contributed by atoms with Crippen LogP contribution in [0.2, 0.25) is 0 Å². The van der Waals surface area contributed by atoms with Crippen molar-refractivity contribution in [1.82, 2.24) is 20.1 Å². The van der Waals surface area contributed by atoms with E-state index in [2.05, 4.69) is 28.4 Å². The van der Waals surface area contributed by atoms with Crippen LogP contribution in [0.1, 0.15) is 24.0 Å². The number of hydrogen-bond donors (Lipinski definition) is 1. The highest BCUT2D eigenvalue weighted by Gasteiger charge is 2.04. The molecule has 2 heterocycles. The van der Waals surface area contributed by atoms with Gasteiger partial charge in [0.1, 0.15) is 12.4 Å². The predicted octanol–water partition coefficient (Wildman–Crippen LogP) is 1.68. The van der Waals surface area contributed by atoms with Gasteiger partial charge in [-0.05, 0) is 31.7 Å². The van der Waals surface area contributed by atoms with E-state index in [4.69, 9.17) is 4.74 Å². The number of nitrogens with one attached hydrogen (secondary N) is 1. The van der Waals surface area contributed by atoms with Gasteiger partial charge in [0.2, 0.25) is 0 Å². The summed E-state index contributed by atoms with van der Waals surface area (Å²) in [6, 6.07) is 5.98. The van der Waals surface area contributed by atoms with Crippen LogP contribution in [0.4, 0.5) is 0 Å². The lowest BCUT2D eigenvalue weighted by molar-refractivity contribution is 0.293. The summed E-state index contributed by atoms with van der Waals surface area (Å²) in [5, 5.41) is 7.46. The van der Waals surface area contributed by atoms with Gasteiger partial charge >= 0.3 is 0 Å². The molecule has 0 bridgehead atoms. The molecule has 5 nitrogen and oxygen atoms in total. The lowest BCUT2D eigenvalue weighted by Gasteiger charge is -2.06. The summed E-state index contributed by atoms with van der Waals surface area (Å²) < 4.78 is 7.58. The minimum Gasteiger partial charge on any atom is -0.486 e. The molecule has 102 valence electrons. The molecule has 0 unspecified atom stereocenters. The van der Waals surface area contributed by atoms with E-state index in [0.29, 0.717) is 6.61 Å². The third kappa shape index (κ3) is 3.54. The highest BCUT2D eigenvalue weighted by molar-refractivity contribution is 5.20. The van der Waals surface area contributed by atoms with Crippen LogP contribution in [0.3, 0.4) is 0 Å². The number of hydrogen-bond acceptors (Lipinski definition) is 4. The summed E-state index contributed by atoms with van der Waals surface area (Å²) >= 11 is 0. The number of ether oxygens (including phenoxy) is 1. The Hall–Kier alpha value is -1.88. The number of aryl methyl sites for hydroxylation is 2. The fourth-order valence-corrected chi connectivity index (χ4v) is 1.82. The first-order chi connectivity index (χ1) is 9.22. The molecular weight excluding hydrogens is 240 g/mol. The Morgan fingerprint density at radius 1 is 1.32 bits per heavy atom. The van der Waals surface area contributed by atoms with Crippen molar-refractivity contribution in [2.24, 2.45) is 7.05 Å². The first kappa shape index (κ1) is 13.5. The molecule has 0 saturated heterocycles. The van der Waals surface area contributed by atoms with Crippen LogP contribution in [0, 0.1) is 0 Å². The zero-order chi connectivity index (χ0) is 13.7. The van der Waals surface area contributed by atoms with E-state index >= 15 is 0 Å². The van der Waals surface area contributed by atoms with Gasteiger partial charge in [-0.1, -0.05) is 6.92 Å². The van der Waals surface area contributed by atoms with Gasteiger partial charge in [0.05, 0.1) is 23.3 Å². The molecule has 0 atom stereocenters. The van der Waals surface area contributed by atoms with Crippen molar-refractivity contribution in [1.29, 1.82) is 0 Å². The standard InChI is InChI=1S/C14H20N4O/c1-4-11-7-13(18(3)17-11)10-19-14-6-5-12(8-15-2)16-9-14/h5-7,9,15H,4,8,10H2,1-3H3. The summed E-state index contributed by atoms with van der Waals surface area (Å²) in [5.41, 5.74) is 3.16. The molecule has 0 aliphatic carbocycles. The topological polar surface area (TPSA) is 52.0 Å². The second-order valence-electron chi connectivity index (χ2n) is 4.41. The lowest BCUT2D eigenvalue weighted by Crippen LogP contribution is -2.07. The maximum Gasteiger partial charge on any atom is 0.138 e.